The molecule has 2 aromatic heterocycles. The van der Waals surface area contributed by atoms with Crippen LogP contribution in [0.2, 0.25) is 5.02 Å². The van der Waals surface area contributed by atoms with Crippen LogP contribution in [0.5, 0.6) is 0 Å². The maximum absolute atomic E-state index is 6.01. The molecule has 1 N–H and O–H groups in total. The smallest absolute Gasteiger partial charge is 0.184 e. The van der Waals surface area contributed by atoms with Crippen molar-refractivity contribution in [3.8, 4) is 5.69 Å². The van der Waals surface area contributed by atoms with Gasteiger partial charge in [-0.25, -0.2) is 4.68 Å². The third-order valence-electron chi connectivity index (χ3n) is 3.20. The van der Waals surface area contributed by atoms with Crippen molar-refractivity contribution >= 4 is 50.9 Å². The highest BCUT2D eigenvalue weighted by atomic mass is 79.9. The first-order valence-corrected chi connectivity index (χ1v) is 7.74. The predicted molar refractivity (Wildman–Crippen MR) is 87.4 cm³/mol. The van der Waals surface area contributed by atoms with Gasteiger partial charge in [-0.3, -0.25) is 4.57 Å². The lowest BCUT2D eigenvalue weighted by molar-refractivity contribution is 0.661. The number of nitrogens with one attached hydrogen (secondary N) is 1. The fraction of sp³-hybridized carbons (Fsp3) is 0.231. The summed E-state index contributed by atoms with van der Waals surface area (Å²) in [5.74, 6) is 0. The zero-order valence-corrected chi connectivity index (χ0v) is 14.1. The lowest BCUT2D eigenvalue weighted by Crippen LogP contribution is -2.04. The van der Waals surface area contributed by atoms with E-state index in [1.165, 1.54) is 0 Å². The second-order valence-corrected chi connectivity index (χ2v) is 6.14. The fourth-order valence-electron chi connectivity index (χ4n) is 2.31. The second-order valence-electron chi connectivity index (χ2n) is 4.46. The molecule has 0 spiro atoms. The maximum atomic E-state index is 6.01. The molecule has 0 bridgehead atoms. The van der Waals surface area contributed by atoms with Gasteiger partial charge in [0.05, 0.1) is 11.4 Å². The van der Waals surface area contributed by atoms with Crippen LogP contribution >= 0.6 is 39.7 Å². The summed E-state index contributed by atoms with van der Waals surface area (Å²) in [4.78, 5) is 3.23. The summed E-state index contributed by atoms with van der Waals surface area (Å²) in [6.07, 6.45) is 0. The van der Waals surface area contributed by atoms with E-state index in [4.69, 9.17) is 23.8 Å². The fourth-order valence-corrected chi connectivity index (χ4v) is 3.46. The molecule has 104 valence electrons. The number of fused-ring (bicyclic) bond motifs is 1. The first-order valence-electron chi connectivity index (χ1n) is 6.16. The third kappa shape index (κ3) is 2.03. The molecule has 0 aliphatic carbocycles. The molecule has 2 heterocycles. The van der Waals surface area contributed by atoms with Gasteiger partial charge in [0.15, 0.2) is 10.4 Å². The highest BCUT2D eigenvalue weighted by Crippen LogP contribution is 2.29. The van der Waals surface area contributed by atoms with Gasteiger partial charge in [0.1, 0.15) is 5.52 Å². The van der Waals surface area contributed by atoms with Crippen LogP contribution in [-0.4, -0.2) is 19.3 Å². The van der Waals surface area contributed by atoms with Gasteiger partial charge in [-0.15, -0.1) is 0 Å². The van der Waals surface area contributed by atoms with Gasteiger partial charge in [0.25, 0.3) is 0 Å². The Labute approximate surface area is 134 Å². The Morgan fingerprint density at radius 3 is 2.85 bits per heavy atom. The highest BCUT2D eigenvalue weighted by Gasteiger charge is 2.16. The summed E-state index contributed by atoms with van der Waals surface area (Å²) in [7, 11) is 0. The predicted octanol–water partition coefficient (Wildman–Crippen LogP) is 4.63. The van der Waals surface area contributed by atoms with Gasteiger partial charge in [0.2, 0.25) is 0 Å². The zero-order valence-electron chi connectivity index (χ0n) is 10.9. The van der Waals surface area contributed by atoms with E-state index in [0.29, 0.717) is 9.79 Å². The molecule has 0 aliphatic rings. The highest BCUT2D eigenvalue weighted by molar-refractivity contribution is 9.10. The summed E-state index contributed by atoms with van der Waals surface area (Å²) >= 11 is 15.0. The summed E-state index contributed by atoms with van der Waals surface area (Å²) in [5, 5.41) is 5.20. The normalized spacial score (nSPS) is 11.4. The van der Waals surface area contributed by atoms with Gasteiger partial charge < -0.3 is 4.98 Å². The number of rotatable bonds is 2. The Morgan fingerprint density at radius 2 is 2.20 bits per heavy atom. The molecular formula is C13H12BrClN4S. The summed E-state index contributed by atoms with van der Waals surface area (Å²) in [5.41, 5.74) is 3.83. The van der Waals surface area contributed by atoms with Crippen LogP contribution in [0.3, 0.4) is 0 Å². The van der Waals surface area contributed by atoms with Crippen molar-refractivity contribution in [2.75, 3.05) is 0 Å². The SMILES string of the molecule is CCn1nc(C)c2[nH]c(=S)n(-c3ccc(Cl)cc3Br)c21. The minimum Gasteiger partial charge on any atom is -0.327 e. The monoisotopic (exact) mass is 370 g/mol. The molecule has 3 aromatic rings. The molecule has 0 amide bonds. The minimum absolute atomic E-state index is 0.644. The number of hydrogen-bond donors (Lipinski definition) is 1. The Morgan fingerprint density at radius 1 is 1.45 bits per heavy atom. The molecule has 20 heavy (non-hydrogen) atoms. The van der Waals surface area contributed by atoms with Crippen molar-refractivity contribution in [2.45, 2.75) is 20.4 Å². The number of nitrogens with zero attached hydrogens (tertiary/aromatic N) is 3. The zero-order chi connectivity index (χ0) is 14.4. The van der Waals surface area contributed by atoms with Gasteiger partial charge in [-0.05, 0) is 60.2 Å². The van der Waals surface area contributed by atoms with Gasteiger partial charge in [-0.1, -0.05) is 11.6 Å². The molecule has 4 nitrogen and oxygen atoms in total. The van der Waals surface area contributed by atoms with Crippen LogP contribution in [-0.2, 0) is 6.54 Å². The number of benzene rings is 1. The van der Waals surface area contributed by atoms with Crippen LogP contribution < -0.4 is 0 Å². The molecule has 1 aromatic carbocycles. The molecule has 0 saturated heterocycles. The van der Waals surface area contributed by atoms with E-state index >= 15 is 0 Å². The van der Waals surface area contributed by atoms with Gasteiger partial charge in [-0.2, -0.15) is 5.10 Å². The van der Waals surface area contributed by atoms with Crippen LogP contribution in [0, 0.1) is 11.7 Å². The van der Waals surface area contributed by atoms with E-state index in [-0.39, 0.29) is 0 Å². The van der Waals surface area contributed by atoms with E-state index < -0.39 is 0 Å². The molecule has 0 aliphatic heterocycles. The lowest BCUT2D eigenvalue weighted by Gasteiger charge is -2.08. The van der Waals surface area contributed by atoms with Crippen LogP contribution in [0.1, 0.15) is 12.6 Å². The lowest BCUT2D eigenvalue weighted by atomic mass is 10.3. The number of aromatic nitrogens is 4. The third-order valence-corrected chi connectivity index (χ3v) is 4.35. The summed E-state index contributed by atoms with van der Waals surface area (Å²) in [6.45, 7) is 4.81. The van der Waals surface area contributed by atoms with Crippen molar-refractivity contribution in [1.29, 1.82) is 0 Å². The van der Waals surface area contributed by atoms with E-state index in [2.05, 4.69) is 32.9 Å². The van der Waals surface area contributed by atoms with Crippen LogP contribution in [0.4, 0.5) is 0 Å². The molecule has 0 fully saturated rings. The van der Waals surface area contributed by atoms with Crippen molar-refractivity contribution in [1.82, 2.24) is 19.3 Å². The largest absolute Gasteiger partial charge is 0.327 e. The summed E-state index contributed by atoms with van der Waals surface area (Å²) in [6, 6.07) is 5.65. The molecule has 0 radical (unpaired) electrons. The average molecular weight is 372 g/mol. The molecular weight excluding hydrogens is 360 g/mol. The molecule has 7 heteroatoms. The van der Waals surface area contributed by atoms with Crippen LogP contribution in [0.25, 0.3) is 16.9 Å². The van der Waals surface area contributed by atoms with Crippen molar-refractivity contribution in [3.63, 3.8) is 0 Å². The molecule has 0 atom stereocenters. The van der Waals surface area contributed by atoms with E-state index in [1.807, 2.05) is 34.4 Å². The topological polar surface area (TPSA) is 38.5 Å². The Hall–Kier alpha value is -1.11. The Kier molecular flexibility index (Phi) is 3.48. The standard InChI is InChI=1S/C13H12BrClN4S/c1-3-18-12-11(7(2)17-18)16-13(20)19(12)10-5-4-8(15)6-9(10)14/h4-6H,3H2,1-2H3,(H,16,20). The summed E-state index contributed by atoms with van der Waals surface area (Å²) < 4.78 is 5.46. The molecule has 0 unspecified atom stereocenters. The van der Waals surface area contributed by atoms with Crippen LogP contribution in [0.15, 0.2) is 22.7 Å². The molecule has 3 rings (SSSR count). The Bertz CT molecular complexity index is 861. The number of hydrogen-bond acceptors (Lipinski definition) is 2. The minimum atomic E-state index is 0.644. The van der Waals surface area contributed by atoms with E-state index in [0.717, 1.165) is 33.6 Å². The van der Waals surface area contributed by atoms with E-state index in [9.17, 15) is 0 Å². The van der Waals surface area contributed by atoms with Crippen molar-refractivity contribution in [2.24, 2.45) is 0 Å². The first-order chi connectivity index (χ1) is 9.52. The number of aromatic amines is 1. The Balaban J connectivity index is 2.41. The van der Waals surface area contributed by atoms with Crippen molar-refractivity contribution in [3.05, 3.63) is 38.2 Å². The first kappa shape index (κ1) is 13.9. The number of aryl methyl sites for hydroxylation is 2. The molecule has 0 saturated carbocycles. The maximum Gasteiger partial charge on any atom is 0.184 e. The average Bonchev–Trinajstić information content (AvgIpc) is 2.88. The van der Waals surface area contributed by atoms with Crippen molar-refractivity contribution < 1.29 is 0 Å². The number of halogens is 2. The number of imidazole rings is 1. The second kappa shape index (κ2) is 5.02. The quantitative estimate of drug-likeness (QED) is 0.667. The van der Waals surface area contributed by atoms with E-state index in [1.54, 1.807) is 0 Å². The van der Waals surface area contributed by atoms with Gasteiger partial charge >= 0.3 is 0 Å². The van der Waals surface area contributed by atoms with Gasteiger partial charge in [0, 0.05) is 16.0 Å². The number of H-pyrrole nitrogens is 1.